The van der Waals surface area contributed by atoms with Crippen molar-refractivity contribution in [3.8, 4) is 0 Å². The van der Waals surface area contributed by atoms with Crippen LogP contribution in [0.2, 0.25) is 0 Å². The third kappa shape index (κ3) is 2.76. The molecule has 1 N–H and O–H groups in total. The van der Waals surface area contributed by atoms with Gasteiger partial charge in [0.05, 0.1) is 5.69 Å². The number of rotatable bonds is 2. The lowest BCUT2D eigenvalue weighted by molar-refractivity contribution is -0.113. The molecule has 22 heavy (non-hydrogen) atoms. The van der Waals surface area contributed by atoms with Gasteiger partial charge in [-0.15, -0.1) is 0 Å². The van der Waals surface area contributed by atoms with Crippen LogP contribution in [-0.4, -0.2) is 11.0 Å². The van der Waals surface area contributed by atoms with Crippen molar-refractivity contribution in [3.05, 3.63) is 71.2 Å². The molecule has 3 nitrogen and oxygen atoms in total. The SMILES string of the molecule is Cc1ccc(/C=C2/NC(=S)N(c3ccc(F)cc3)C2=O)cc1. The number of hydrogen-bond donors (Lipinski definition) is 1. The fourth-order valence-corrected chi connectivity index (χ4v) is 2.49. The van der Waals surface area contributed by atoms with Gasteiger partial charge in [0.15, 0.2) is 5.11 Å². The van der Waals surface area contributed by atoms with Crippen molar-refractivity contribution in [1.29, 1.82) is 0 Å². The van der Waals surface area contributed by atoms with Gasteiger partial charge in [0.2, 0.25) is 0 Å². The van der Waals surface area contributed by atoms with Crippen LogP contribution >= 0.6 is 12.2 Å². The number of nitrogens with one attached hydrogen (secondary N) is 1. The van der Waals surface area contributed by atoms with Crippen LogP contribution in [0, 0.1) is 12.7 Å². The van der Waals surface area contributed by atoms with Crippen LogP contribution in [0.15, 0.2) is 54.2 Å². The molecule has 0 aliphatic carbocycles. The summed E-state index contributed by atoms with van der Waals surface area (Å²) in [6.07, 6.45) is 1.75. The van der Waals surface area contributed by atoms with Crippen LogP contribution < -0.4 is 10.2 Å². The molecule has 2 aromatic rings. The molecule has 0 saturated carbocycles. The molecule has 1 heterocycles. The fraction of sp³-hybridized carbons (Fsp3) is 0.0588. The average Bonchev–Trinajstić information content (AvgIpc) is 2.77. The van der Waals surface area contributed by atoms with Gasteiger partial charge in [-0.1, -0.05) is 29.8 Å². The van der Waals surface area contributed by atoms with E-state index in [2.05, 4.69) is 5.32 Å². The van der Waals surface area contributed by atoms with E-state index in [-0.39, 0.29) is 16.8 Å². The monoisotopic (exact) mass is 312 g/mol. The number of anilines is 1. The molecule has 0 aromatic heterocycles. The molecule has 0 atom stereocenters. The molecule has 2 aromatic carbocycles. The van der Waals surface area contributed by atoms with Crippen LogP contribution in [0.1, 0.15) is 11.1 Å². The number of nitrogens with zero attached hydrogens (tertiary/aromatic N) is 1. The minimum absolute atomic E-state index is 0.253. The van der Waals surface area contributed by atoms with Crippen LogP contribution in [0.25, 0.3) is 6.08 Å². The van der Waals surface area contributed by atoms with E-state index in [1.807, 2.05) is 31.2 Å². The Bertz CT molecular complexity index is 766. The number of amides is 1. The van der Waals surface area contributed by atoms with E-state index in [0.29, 0.717) is 11.4 Å². The third-order valence-electron chi connectivity index (χ3n) is 3.35. The van der Waals surface area contributed by atoms with E-state index in [1.54, 1.807) is 6.08 Å². The Morgan fingerprint density at radius 1 is 1.09 bits per heavy atom. The minimum Gasteiger partial charge on any atom is -0.327 e. The zero-order valence-corrected chi connectivity index (χ0v) is 12.7. The summed E-state index contributed by atoms with van der Waals surface area (Å²) in [4.78, 5) is 13.8. The molecule has 0 unspecified atom stereocenters. The van der Waals surface area contributed by atoms with E-state index < -0.39 is 0 Å². The summed E-state index contributed by atoms with van der Waals surface area (Å²) in [5, 5.41) is 3.19. The first-order chi connectivity index (χ1) is 10.5. The Kier molecular flexibility index (Phi) is 3.73. The maximum absolute atomic E-state index is 13.0. The minimum atomic E-state index is -0.357. The number of halogens is 1. The summed E-state index contributed by atoms with van der Waals surface area (Å²) in [6, 6.07) is 13.5. The molecular formula is C17H13FN2OS. The zero-order valence-electron chi connectivity index (χ0n) is 11.8. The lowest BCUT2D eigenvalue weighted by Gasteiger charge is -2.13. The van der Waals surface area contributed by atoms with Gasteiger partial charge in [-0.3, -0.25) is 9.69 Å². The van der Waals surface area contributed by atoms with Crippen molar-refractivity contribution in [1.82, 2.24) is 5.32 Å². The molecule has 110 valence electrons. The highest BCUT2D eigenvalue weighted by Crippen LogP contribution is 2.22. The van der Waals surface area contributed by atoms with Gasteiger partial charge in [-0.2, -0.15) is 0 Å². The first-order valence-electron chi connectivity index (χ1n) is 6.74. The molecule has 0 spiro atoms. The number of hydrogen-bond acceptors (Lipinski definition) is 2. The largest absolute Gasteiger partial charge is 0.327 e. The predicted octanol–water partition coefficient (Wildman–Crippen LogP) is 3.40. The molecule has 1 aliphatic rings. The standard InChI is InChI=1S/C17H13FN2OS/c1-11-2-4-12(5-3-11)10-15-16(21)20(17(22)19-15)14-8-6-13(18)7-9-14/h2-10H,1H3,(H,19,22)/b15-10+. The second kappa shape index (κ2) is 5.69. The molecule has 1 fully saturated rings. The number of aryl methyl sites for hydroxylation is 1. The van der Waals surface area contributed by atoms with Gasteiger partial charge in [0.25, 0.3) is 5.91 Å². The molecule has 1 aliphatic heterocycles. The second-order valence-corrected chi connectivity index (χ2v) is 5.40. The van der Waals surface area contributed by atoms with Crippen molar-refractivity contribution in [2.24, 2.45) is 0 Å². The molecule has 1 saturated heterocycles. The van der Waals surface area contributed by atoms with E-state index in [1.165, 1.54) is 29.2 Å². The van der Waals surface area contributed by atoms with Crippen molar-refractivity contribution >= 4 is 35.0 Å². The highest BCUT2D eigenvalue weighted by atomic mass is 32.1. The highest BCUT2D eigenvalue weighted by Gasteiger charge is 2.31. The first-order valence-corrected chi connectivity index (χ1v) is 7.15. The van der Waals surface area contributed by atoms with Crippen LogP contribution in [0.4, 0.5) is 10.1 Å². The third-order valence-corrected chi connectivity index (χ3v) is 3.64. The van der Waals surface area contributed by atoms with Crippen molar-refractivity contribution in [3.63, 3.8) is 0 Å². The van der Waals surface area contributed by atoms with Crippen molar-refractivity contribution in [2.75, 3.05) is 4.90 Å². The van der Waals surface area contributed by atoms with Gasteiger partial charge in [0.1, 0.15) is 11.5 Å². The number of carbonyl (C=O) groups excluding carboxylic acids is 1. The van der Waals surface area contributed by atoms with E-state index in [0.717, 1.165) is 11.1 Å². The Balaban J connectivity index is 1.91. The fourth-order valence-electron chi connectivity index (χ4n) is 2.19. The Morgan fingerprint density at radius 2 is 1.73 bits per heavy atom. The summed E-state index contributed by atoms with van der Waals surface area (Å²) in [7, 11) is 0. The van der Waals surface area contributed by atoms with Gasteiger partial charge < -0.3 is 5.32 Å². The molecule has 3 rings (SSSR count). The predicted molar refractivity (Wildman–Crippen MR) is 88.8 cm³/mol. The van der Waals surface area contributed by atoms with E-state index in [9.17, 15) is 9.18 Å². The maximum atomic E-state index is 13.0. The topological polar surface area (TPSA) is 32.3 Å². The summed E-state index contributed by atoms with van der Waals surface area (Å²) >= 11 is 5.21. The molecule has 0 radical (unpaired) electrons. The average molecular weight is 312 g/mol. The summed E-state index contributed by atoms with van der Waals surface area (Å²) in [5.41, 5.74) is 3.00. The summed E-state index contributed by atoms with van der Waals surface area (Å²) in [6.45, 7) is 2.00. The van der Waals surface area contributed by atoms with Gasteiger partial charge in [-0.25, -0.2) is 4.39 Å². The van der Waals surface area contributed by atoms with Gasteiger partial charge >= 0.3 is 0 Å². The van der Waals surface area contributed by atoms with E-state index in [4.69, 9.17) is 12.2 Å². The number of thiocarbonyl (C=S) groups is 1. The lowest BCUT2D eigenvalue weighted by Crippen LogP contribution is -2.30. The normalized spacial score (nSPS) is 16.3. The maximum Gasteiger partial charge on any atom is 0.281 e. The van der Waals surface area contributed by atoms with Crippen LogP contribution in [-0.2, 0) is 4.79 Å². The first kappa shape index (κ1) is 14.4. The Morgan fingerprint density at radius 3 is 2.36 bits per heavy atom. The number of carbonyl (C=O) groups is 1. The lowest BCUT2D eigenvalue weighted by atomic mass is 10.1. The molecule has 5 heteroatoms. The van der Waals surface area contributed by atoms with Gasteiger partial charge in [0, 0.05) is 0 Å². The van der Waals surface area contributed by atoms with E-state index >= 15 is 0 Å². The zero-order chi connectivity index (χ0) is 15.7. The number of benzene rings is 2. The van der Waals surface area contributed by atoms with Gasteiger partial charge in [-0.05, 0) is 55.0 Å². The molecular weight excluding hydrogens is 299 g/mol. The Hall–Kier alpha value is -2.53. The summed E-state index contributed by atoms with van der Waals surface area (Å²) in [5.74, 6) is -0.609. The van der Waals surface area contributed by atoms with Crippen molar-refractivity contribution < 1.29 is 9.18 Å². The Labute approximate surface area is 133 Å². The summed E-state index contributed by atoms with van der Waals surface area (Å²) < 4.78 is 13.0. The van der Waals surface area contributed by atoms with Crippen LogP contribution in [0.5, 0.6) is 0 Å². The highest BCUT2D eigenvalue weighted by molar-refractivity contribution is 7.80. The smallest absolute Gasteiger partial charge is 0.281 e. The molecule has 0 bridgehead atoms. The molecule has 1 amide bonds. The van der Waals surface area contributed by atoms with Crippen LogP contribution in [0.3, 0.4) is 0 Å². The second-order valence-electron chi connectivity index (χ2n) is 5.02. The van der Waals surface area contributed by atoms with Crippen molar-refractivity contribution in [2.45, 2.75) is 6.92 Å². The quantitative estimate of drug-likeness (QED) is 0.681.